The number of hydrogen-bond donors (Lipinski definition) is 0. The summed E-state index contributed by atoms with van der Waals surface area (Å²) < 4.78 is 0. The third kappa shape index (κ3) is 2.04. The Morgan fingerprint density at radius 1 is 1.36 bits per heavy atom. The molecule has 1 rings (SSSR count). The zero-order chi connectivity index (χ0) is 8.10. The van der Waals surface area contributed by atoms with Crippen LogP contribution in [0.5, 0.6) is 0 Å². The van der Waals surface area contributed by atoms with Crippen LogP contribution in [0.2, 0.25) is 0 Å². The first kappa shape index (κ1) is 7.73. The van der Waals surface area contributed by atoms with Crippen LogP contribution in [0, 0.1) is 6.92 Å². The van der Waals surface area contributed by atoms with Gasteiger partial charge in [0.15, 0.2) is 0 Å². The fourth-order valence-electron chi connectivity index (χ4n) is 0.907. The molecule has 0 fully saturated rings. The van der Waals surface area contributed by atoms with E-state index >= 15 is 0 Å². The minimum Gasteiger partial charge on any atom is -0.272 e. The second kappa shape index (κ2) is 3.71. The molecule has 1 heteroatoms. The third-order valence-electron chi connectivity index (χ3n) is 1.55. The summed E-state index contributed by atoms with van der Waals surface area (Å²) >= 11 is 0. The van der Waals surface area contributed by atoms with Gasteiger partial charge < -0.3 is 0 Å². The van der Waals surface area contributed by atoms with Gasteiger partial charge in [-0.2, -0.15) is 0 Å². The maximum atomic E-state index is 3.64. The first-order valence-electron chi connectivity index (χ1n) is 3.52. The molecule has 0 spiro atoms. The molecule has 0 aliphatic rings. The molecule has 1 nitrogen and oxygen atoms in total. The van der Waals surface area contributed by atoms with E-state index in [1.807, 2.05) is 18.2 Å². The predicted molar refractivity (Wildman–Crippen MR) is 49.8 cm³/mol. The van der Waals surface area contributed by atoms with Gasteiger partial charge in [0.25, 0.3) is 0 Å². The summed E-state index contributed by atoms with van der Waals surface area (Å²) in [6, 6.07) is 8.16. The van der Waals surface area contributed by atoms with E-state index in [1.165, 1.54) is 11.1 Å². The van der Waals surface area contributed by atoms with Gasteiger partial charge in [-0.05, 0) is 30.8 Å². The summed E-state index contributed by atoms with van der Waals surface area (Å²) in [5.74, 6) is 0. The van der Waals surface area contributed by atoms with Crippen LogP contribution in [0.25, 0.3) is 6.08 Å². The van der Waals surface area contributed by atoms with E-state index in [0.717, 1.165) is 0 Å². The van der Waals surface area contributed by atoms with Gasteiger partial charge in [-0.25, -0.2) is 0 Å². The van der Waals surface area contributed by atoms with Crippen LogP contribution in [0.3, 0.4) is 0 Å². The van der Waals surface area contributed by atoms with Crippen molar-refractivity contribution in [2.45, 2.75) is 6.92 Å². The van der Waals surface area contributed by atoms with Gasteiger partial charge in [0.05, 0.1) is 0 Å². The number of benzene rings is 1. The predicted octanol–water partition coefficient (Wildman–Crippen LogP) is 2.67. The Morgan fingerprint density at radius 2 is 2.09 bits per heavy atom. The van der Waals surface area contributed by atoms with Gasteiger partial charge in [-0.1, -0.05) is 24.3 Å². The molecule has 0 N–H and O–H groups in total. The maximum absolute atomic E-state index is 3.64. The third-order valence-corrected chi connectivity index (χ3v) is 1.55. The van der Waals surface area contributed by atoms with Crippen molar-refractivity contribution in [3.05, 3.63) is 41.6 Å². The molecular weight excluding hydrogens is 134 g/mol. The van der Waals surface area contributed by atoms with Gasteiger partial charge in [0.2, 0.25) is 0 Å². The minimum atomic E-state index is 1.19. The Bertz CT molecular complexity index is 274. The molecule has 0 saturated heterocycles. The molecule has 0 aliphatic heterocycles. The van der Waals surface area contributed by atoms with Crippen molar-refractivity contribution >= 4 is 12.8 Å². The van der Waals surface area contributed by atoms with Crippen LogP contribution in [-0.4, -0.2) is 6.72 Å². The minimum absolute atomic E-state index is 1.19. The van der Waals surface area contributed by atoms with Gasteiger partial charge in [0.1, 0.15) is 0 Å². The average molecular weight is 145 g/mol. The van der Waals surface area contributed by atoms with Crippen LogP contribution in [0.15, 0.2) is 35.5 Å². The summed E-state index contributed by atoms with van der Waals surface area (Å²) in [6.07, 6.45) is 3.64. The molecule has 0 unspecified atom stereocenters. The second-order valence-corrected chi connectivity index (χ2v) is 2.35. The lowest BCUT2D eigenvalue weighted by Crippen LogP contribution is -1.76. The maximum Gasteiger partial charge on any atom is 0.0266 e. The van der Waals surface area contributed by atoms with Crippen LogP contribution < -0.4 is 0 Å². The summed E-state index contributed by atoms with van der Waals surface area (Å²) in [5.41, 5.74) is 2.45. The molecule has 11 heavy (non-hydrogen) atoms. The zero-order valence-electron chi connectivity index (χ0n) is 6.62. The average Bonchev–Trinajstić information content (AvgIpc) is 2.03. The number of hydrogen-bond acceptors (Lipinski definition) is 1. The van der Waals surface area contributed by atoms with Gasteiger partial charge in [-0.3, -0.25) is 4.99 Å². The van der Waals surface area contributed by atoms with Gasteiger partial charge in [-0.15, -0.1) is 0 Å². The first-order chi connectivity index (χ1) is 5.34. The molecule has 56 valence electrons. The normalized spacial score (nSPS) is 10.3. The van der Waals surface area contributed by atoms with Crippen molar-refractivity contribution < 1.29 is 0 Å². The highest BCUT2D eigenvalue weighted by Gasteiger charge is 1.88. The summed E-state index contributed by atoms with van der Waals surface area (Å²) in [7, 11) is 0. The van der Waals surface area contributed by atoms with Crippen molar-refractivity contribution in [1.29, 1.82) is 0 Å². The molecule has 0 atom stereocenters. The molecule has 0 bridgehead atoms. The van der Waals surface area contributed by atoms with E-state index in [-0.39, 0.29) is 0 Å². The second-order valence-electron chi connectivity index (χ2n) is 2.35. The number of aliphatic imine (C=N–C) groups is 1. The van der Waals surface area contributed by atoms with Gasteiger partial charge in [0, 0.05) is 6.20 Å². The Morgan fingerprint density at radius 3 is 2.73 bits per heavy atom. The van der Waals surface area contributed by atoms with Crippen molar-refractivity contribution in [3.63, 3.8) is 0 Å². The number of rotatable bonds is 2. The SMILES string of the molecule is C=NC=Cc1ccccc1C. The summed E-state index contributed by atoms with van der Waals surface area (Å²) in [4.78, 5) is 3.64. The Labute approximate surface area is 67.1 Å². The lowest BCUT2D eigenvalue weighted by atomic mass is 10.1. The molecular formula is C10H11N. The van der Waals surface area contributed by atoms with Gasteiger partial charge >= 0.3 is 0 Å². The molecule has 0 aliphatic carbocycles. The molecule has 1 aromatic rings. The smallest absolute Gasteiger partial charge is 0.0266 e. The molecule has 1 aromatic carbocycles. The fourth-order valence-corrected chi connectivity index (χ4v) is 0.907. The van der Waals surface area contributed by atoms with E-state index in [4.69, 9.17) is 0 Å². The summed E-state index contributed by atoms with van der Waals surface area (Å²) in [6.45, 7) is 5.44. The van der Waals surface area contributed by atoms with E-state index in [9.17, 15) is 0 Å². The van der Waals surface area contributed by atoms with Crippen molar-refractivity contribution in [2.24, 2.45) is 4.99 Å². The summed E-state index contributed by atoms with van der Waals surface area (Å²) in [5, 5.41) is 0. The van der Waals surface area contributed by atoms with Crippen LogP contribution in [0.4, 0.5) is 0 Å². The van der Waals surface area contributed by atoms with Crippen LogP contribution in [-0.2, 0) is 0 Å². The van der Waals surface area contributed by atoms with E-state index in [0.29, 0.717) is 0 Å². The number of aryl methyl sites for hydroxylation is 1. The molecule has 0 amide bonds. The molecule has 0 aromatic heterocycles. The molecule has 0 radical (unpaired) electrons. The molecule has 0 heterocycles. The lowest BCUT2D eigenvalue weighted by molar-refractivity contribution is 1.44. The molecule has 0 saturated carbocycles. The van der Waals surface area contributed by atoms with Crippen molar-refractivity contribution in [3.8, 4) is 0 Å². The topological polar surface area (TPSA) is 12.4 Å². The Kier molecular flexibility index (Phi) is 2.61. The zero-order valence-corrected chi connectivity index (χ0v) is 6.62. The highest BCUT2D eigenvalue weighted by atomic mass is 14.6. The first-order valence-corrected chi connectivity index (χ1v) is 3.52. The fraction of sp³-hybridized carbons (Fsp3) is 0.100. The Balaban J connectivity index is 2.94. The quantitative estimate of drug-likeness (QED) is 0.567. The highest BCUT2D eigenvalue weighted by molar-refractivity contribution is 5.53. The standard InChI is InChI=1S/C10H11N/c1-9-5-3-4-6-10(9)7-8-11-2/h3-8H,2H2,1H3. The lowest BCUT2D eigenvalue weighted by Gasteiger charge is -1.96. The monoisotopic (exact) mass is 145 g/mol. The largest absolute Gasteiger partial charge is 0.272 e. The van der Waals surface area contributed by atoms with Crippen molar-refractivity contribution in [1.82, 2.24) is 0 Å². The van der Waals surface area contributed by atoms with Crippen LogP contribution >= 0.6 is 0 Å². The van der Waals surface area contributed by atoms with Crippen LogP contribution in [0.1, 0.15) is 11.1 Å². The van der Waals surface area contributed by atoms with E-state index < -0.39 is 0 Å². The Hall–Kier alpha value is -1.37. The number of nitrogens with zero attached hydrogens (tertiary/aromatic N) is 1. The van der Waals surface area contributed by atoms with E-state index in [1.54, 1.807) is 6.20 Å². The van der Waals surface area contributed by atoms with Crippen molar-refractivity contribution in [2.75, 3.05) is 0 Å². The highest BCUT2D eigenvalue weighted by Crippen LogP contribution is 2.08. The van der Waals surface area contributed by atoms with E-state index in [2.05, 4.69) is 30.8 Å².